The Hall–Kier alpha value is -1.69. The van der Waals surface area contributed by atoms with Crippen LogP contribution >= 0.6 is 11.3 Å². The van der Waals surface area contributed by atoms with Crippen molar-refractivity contribution in [3.8, 4) is 0 Å². The standard InChI is InChI=1S/C11H14N4OS/c1-2-15-6-5-13-10(11(15)16)12-4-3-9-7-17-8-14-9/h5-8H,2-4H2,1H3,(H,12,13). The molecular weight excluding hydrogens is 236 g/mol. The molecule has 0 aliphatic rings. The molecule has 90 valence electrons. The second-order valence-electron chi connectivity index (χ2n) is 3.52. The van der Waals surface area contributed by atoms with Crippen LogP contribution in [0.3, 0.4) is 0 Å². The first kappa shape index (κ1) is 11.8. The SMILES string of the molecule is CCn1ccnc(NCCc2cscn2)c1=O. The lowest BCUT2D eigenvalue weighted by Gasteiger charge is -2.06. The van der Waals surface area contributed by atoms with Crippen molar-refractivity contribution in [3.05, 3.63) is 39.3 Å². The second-order valence-corrected chi connectivity index (χ2v) is 4.24. The molecule has 0 aromatic carbocycles. The molecule has 0 aliphatic heterocycles. The number of thiazole rings is 1. The fraction of sp³-hybridized carbons (Fsp3) is 0.364. The van der Waals surface area contributed by atoms with E-state index in [0.717, 1.165) is 12.1 Å². The molecule has 5 nitrogen and oxygen atoms in total. The summed E-state index contributed by atoms with van der Waals surface area (Å²) < 4.78 is 1.62. The van der Waals surface area contributed by atoms with Crippen molar-refractivity contribution in [2.75, 3.05) is 11.9 Å². The summed E-state index contributed by atoms with van der Waals surface area (Å²) in [6.07, 6.45) is 4.12. The molecule has 0 atom stereocenters. The van der Waals surface area contributed by atoms with Gasteiger partial charge in [-0.2, -0.15) is 0 Å². The molecule has 17 heavy (non-hydrogen) atoms. The van der Waals surface area contributed by atoms with Gasteiger partial charge in [-0.1, -0.05) is 0 Å². The zero-order chi connectivity index (χ0) is 12.1. The topological polar surface area (TPSA) is 59.8 Å². The van der Waals surface area contributed by atoms with Crippen LogP contribution in [0.1, 0.15) is 12.6 Å². The third kappa shape index (κ3) is 2.91. The van der Waals surface area contributed by atoms with Crippen molar-refractivity contribution in [3.63, 3.8) is 0 Å². The molecule has 0 fully saturated rings. The summed E-state index contributed by atoms with van der Waals surface area (Å²) in [5.74, 6) is 0.407. The Morgan fingerprint density at radius 1 is 1.47 bits per heavy atom. The Bertz CT molecular complexity index is 521. The Morgan fingerprint density at radius 3 is 3.06 bits per heavy atom. The number of aryl methyl sites for hydroxylation is 1. The van der Waals surface area contributed by atoms with Crippen LogP contribution in [0.4, 0.5) is 5.82 Å². The molecule has 0 amide bonds. The van der Waals surface area contributed by atoms with E-state index in [2.05, 4.69) is 15.3 Å². The molecule has 2 aromatic heterocycles. The van der Waals surface area contributed by atoms with Gasteiger partial charge in [0, 0.05) is 37.3 Å². The van der Waals surface area contributed by atoms with Gasteiger partial charge < -0.3 is 9.88 Å². The van der Waals surface area contributed by atoms with Gasteiger partial charge in [0.05, 0.1) is 11.2 Å². The second kappa shape index (κ2) is 5.58. The van der Waals surface area contributed by atoms with Crippen molar-refractivity contribution in [2.24, 2.45) is 0 Å². The first-order chi connectivity index (χ1) is 8.31. The average molecular weight is 250 g/mol. The molecule has 0 radical (unpaired) electrons. The van der Waals surface area contributed by atoms with Gasteiger partial charge in [-0.25, -0.2) is 9.97 Å². The van der Waals surface area contributed by atoms with Gasteiger partial charge in [-0.3, -0.25) is 4.79 Å². The van der Waals surface area contributed by atoms with E-state index in [1.54, 1.807) is 33.8 Å². The van der Waals surface area contributed by atoms with Crippen molar-refractivity contribution in [1.82, 2.24) is 14.5 Å². The summed E-state index contributed by atoms with van der Waals surface area (Å²) >= 11 is 1.57. The highest BCUT2D eigenvalue weighted by atomic mass is 32.1. The Labute approximate surface area is 103 Å². The highest BCUT2D eigenvalue weighted by Gasteiger charge is 2.03. The number of anilines is 1. The van der Waals surface area contributed by atoms with E-state index in [-0.39, 0.29) is 5.56 Å². The van der Waals surface area contributed by atoms with Crippen LogP contribution in [0, 0.1) is 0 Å². The maximum Gasteiger partial charge on any atom is 0.293 e. The largest absolute Gasteiger partial charge is 0.365 e. The van der Waals surface area contributed by atoms with E-state index < -0.39 is 0 Å². The third-order valence-corrected chi connectivity index (χ3v) is 3.05. The van der Waals surface area contributed by atoms with Gasteiger partial charge in [-0.15, -0.1) is 11.3 Å². The summed E-state index contributed by atoms with van der Waals surface area (Å²) in [4.78, 5) is 20.0. The quantitative estimate of drug-likeness (QED) is 0.870. The predicted molar refractivity (Wildman–Crippen MR) is 68.5 cm³/mol. The van der Waals surface area contributed by atoms with Crippen LogP contribution < -0.4 is 10.9 Å². The monoisotopic (exact) mass is 250 g/mol. The Morgan fingerprint density at radius 2 is 2.35 bits per heavy atom. The van der Waals surface area contributed by atoms with Crippen LogP contribution in [0.25, 0.3) is 0 Å². The number of hydrogen-bond donors (Lipinski definition) is 1. The van der Waals surface area contributed by atoms with Crippen LogP contribution in [-0.4, -0.2) is 21.1 Å². The highest BCUT2D eigenvalue weighted by Crippen LogP contribution is 2.02. The number of nitrogens with zero attached hydrogens (tertiary/aromatic N) is 3. The van der Waals surface area contributed by atoms with Crippen LogP contribution in [0.15, 0.2) is 28.1 Å². The normalized spacial score (nSPS) is 10.4. The van der Waals surface area contributed by atoms with Gasteiger partial charge in [0.1, 0.15) is 0 Å². The summed E-state index contributed by atoms with van der Waals surface area (Å²) in [6, 6.07) is 0. The first-order valence-corrected chi connectivity index (χ1v) is 6.42. The van der Waals surface area contributed by atoms with E-state index in [4.69, 9.17) is 0 Å². The number of rotatable bonds is 5. The lowest BCUT2D eigenvalue weighted by Crippen LogP contribution is -2.24. The van der Waals surface area contributed by atoms with Crippen molar-refractivity contribution in [1.29, 1.82) is 0 Å². The van der Waals surface area contributed by atoms with Gasteiger partial charge in [0.25, 0.3) is 5.56 Å². The smallest absolute Gasteiger partial charge is 0.293 e. The lowest BCUT2D eigenvalue weighted by molar-refractivity contribution is 0.718. The maximum atomic E-state index is 11.8. The highest BCUT2D eigenvalue weighted by molar-refractivity contribution is 7.07. The molecule has 0 unspecified atom stereocenters. The molecule has 0 saturated heterocycles. The Kier molecular flexibility index (Phi) is 3.87. The van der Waals surface area contributed by atoms with Gasteiger partial charge in [0.15, 0.2) is 5.82 Å². The summed E-state index contributed by atoms with van der Waals surface area (Å²) in [5, 5.41) is 5.05. The summed E-state index contributed by atoms with van der Waals surface area (Å²) in [5.41, 5.74) is 2.77. The molecule has 0 aliphatic carbocycles. The molecular formula is C11H14N4OS. The molecule has 0 bridgehead atoms. The lowest BCUT2D eigenvalue weighted by atomic mass is 10.3. The maximum absolute atomic E-state index is 11.8. The van der Waals surface area contributed by atoms with Gasteiger partial charge in [-0.05, 0) is 6.92 Å². The van der Waals surface area contributed by atoms with Crippen LogP contribution in [0.2, 0.25) is 0 Å². The molecule has 0 saturated carbocycles. The van der Waals surface area contributed by atoms with Crippen LogP contribution in [0.5, 0.6) is 0 Å². The van der Waals surface area contributed by atoms with Crippen molar-refractivity contribution >= 4 is 17.2 Å². The molecule has 1 N–H and O–H groups in total. The first-order valence-electron chi connectivity index (χ1n) is 5.47. The average Bonchev–Trinajstić information content (AvgIpc) is 2.84. The number of aromatic nitrogens is 3. The van der Waals surface area contributed by atoms with Gasteiger partial charge in [0.2, 0.25) is 0 Å². The third-order valence-electron chi connectivity index (χ3n) is 2.41. The van der Waals surface area contributed by atoms with E-state index in [0.29, 0.717) is 18.9 Å². The minimum atomic E-state index is -0.0757. The fourth-order valence-corrected chi connectivity index (χ4v) is 2.08. The summed E-state index contributed by atoms with van der Waals surface area (Å²) in [6.45, 7) is 3.25. The van der Waals surface area contributed by atoms with Crippen molar-refractivity contribution in [2.45, 2.75) is 19.9 Å². The van der Waals surface area contributed by atoms with Crippen LogP contribution in [-0.2, 0) is 13.0 Å². The number of nitrogens with one attached hydrogen (secondary N) is 1. The molecule has 2 heterocycles. The van der Waals surface area contributed by atoms with Crippen molar-refractivity contribution < 1.29 is 0 Å². The van der Waals surface area contributed by atoms with E-state index >= 15 is 0 Å². The fourth-order valence-electron chi connectivity index (χ4n) is 1.49. The van der Waals surface area contributed by atoms with E-state index in [1.165, 1.54) is 0 Å². The summed E-state index contributed by atoms with van der Waals surface area (Å²) in [7, 11) is 0. The molecule has 0 spiro atoms. The minimum Gasteiger partial charge on any atom is -0.365 e. The molecule has 2 aromatic rings. The number of hydrogen-bond acceptors (Lipinski definition) is 5. The van der Waals surface area contributed by atoms with E-state index in [9.17, 15) is 4.79 Å². The minimum absolute atomic E-state index is 0.0757. The van der Waals surface area contributed by atoms with Gasteiger partial charge >= 0.3 is 0 Å². The molecule has 6 heteroatoms. The zero-order valence-electron chi connectivity index (χ0n) is 9.59. The Balaban J connectivity index is 1.97. The van der Waals surface area contributed by atoms with E-state index in [1.807, 2.05) is 12.3 Å². The zero-order valence-corrected chi connectivity index (χ0v) is 10.4. The predicted octanol–water partition coefficient (Wildman–Crippen LogP) is 1.37. The molecule has 2 rings (SSSR count).